The summed E-state index contributed by atoms with van der Waals surface area (Å²) in [7, 11) is 0. The van der Waals surface area contributed by atoms with Crippen molar-refractivity contribution in [1.82, 2.24) is 4.98 Å². The number of nitrogens with one attached hydrogen (secondary N) is 2. The average Bonchev–Trinajstić information content (AvgIpc) is 2.87. The standard InChI is InChI=1S/C18H21N3O3S/c1-9(2)7-15(22)20-18-21-16(11(4)25-18)12-5-6-14-13(8-12)19-17(23)10(3)24-14/h5-6,8-10H,7H2,1-4H3,(H,19,23)(H,20,21,22)/t10-/m1/s1. The highest BCUT2D eigenvalue weighted by atomic mass is 32.1. The molecule has 0 spiro atoms. The molecule has 2 amide bonds. The van der Waals surface area contributed by atoms with Gasteiger partial charge in [-0.1, -0.05) is 13.8 Å². The number of anilines is 2. The minimum Gasteiger partial charge on any atom is -0.479 e. The molecule has 3 rings (SSSR count). The van der Waals surface area contributed by atoms with Crippen molar-refractivity contribution >= 4 is 34.0 Å². The monoisotopic (exact) mass is 359 g/mol. The molecule has 25 heavy (non-hydrogen) atoms. The molecule has 2 aromatic rings. The third-order valence-electron chi connectivity index (χ3n) is 3.82. The zero-order chi connectivity index (χ0) is 18.1. The van der Waals surface area contributed by atoms with E-state index in [9.17, 15) is 9.59 Å². The number of aromatic nitrogens is 1. The summed E-state index contributed by atoms with van der Waals surface area (Å²) in [6.45, 7) is 7.68. The van der Waals surface area contributed by atoms with Crippen LogP contribution in [0.2, 0.25) is 0 Å². The van der Waals surface area contributed by atoms with Crippen LogP contribution in [0.1, 0.15) is 32.1 Å². The molecule has 132 valence electrons. The number of amides is 2. The number of benzene rings is 1. The van der Waals surface area contributed by atoms with Crippen LogP contribution in [0.3, 0.4) is 0 Å². The number of fused-ring (bicyclic) bond motifs is 1. The molecular formula is C18H21N3O3S. The minimum absolute atomic E-state index is 0.0320. The van der Waals surface area contributed by atoms with E-state index >= 15 is 0 Å². The van der Waals surface area contributed by atoms with E-state index in [1.54, 1.807) is 6.92 Å². The first-order valence-electron chi connectivity index (χ1n) is 8.22. The second-order valence-corrected chi connectivity index (χ2v) is 7.73. The summed E-state index contributed by atoms with van der Waals surface area (Å²) in [6.07, 6.45) is -0.0314. The van der Waals surface area contributed by atoms with E-state index in [1.807, 2.05) is 39.0 Å². The van der Waals surface area contributed by atoms with Crippen molar-refractivity contribution in [1.29, 1.82) is 0 Å². The van der Waals surface area contributed by atoms with Gasteiger partial charge in [0.25, 0.3) is 5.91 Å². The van der Waals surface area contributed by atoms with E-state index in [2.05, 4.69) is 15.6 Å². The van der Waals surface area contributed by atoms with Gasteiger partial charge in [0.05, 0.1) is 11.4 Å². The van der Waals surface area contributed by atoms with E-state index in [0.717, 1.165) is 16.1 Å². The molecule has 6 nitrogen and oxygen atoms in total. The smallest absolute Gasteiger partial charge is 0.265 e. The van der Waals surface area contributed by atoms with Gasteiger partial charge in [0.2, 0.25) is 5.91 Å². The normalized spacial score (nSPS) is 16.2. The molecule has 0 saturated carbocycles. The van der Waals surface area contributed by atoms with Gasteiger partial charge in [0, 0.05) is 16.9 Å². The maximum Gasteiger partial charge on any atom is 0.265 e. The van der Waals surface area contributed by atoms with Crippen LogP contribution in [0.15, 0.2) is 18.2 Å². The molecule has 1 aliphatic rings. The molecule has 1 aromatic carbocycles. The van der Waals surface area contributed by atoms with Gasteiger partial charge >= 0.3 is 0 Å². The Kier molecular flexibility index (Phi) is 4.76. The largest absolute Gasteiger partial charge is 0.479 e. The predicted octanol–water partition coefficient (Wildman–Crippen LogP) is 3.82. The lowest BCUT2D eigenvalue weighted by atomic mass is 10.1. The van der Waals surface area contributed by atoms with Gasteiger partial charge in [0.1, 0.15) is 5.75 Å². The van der Waals surface area contributed by atoms with E-state index in [0.29, 0.717) is 28.9 Å². The summed E-state index contributed by atoms with van der Waals surface area (Å²) in [6, 6.07) is 5.59. The fourth-order valence-corrected chi connectivity index (χ4v) is 3.47. The Morgan fingerprint density at radius 1 is 1.44 bits per heavy atom. The van der Waals surface area contributed by atoms with Crippen LogP contribution in [0, 0.1) is 12.8 Å². The summed E-state index contributed by atoms with van der Waals surface area (Å²) in [5, 5.41) is 6.28. The molecule has 2 heterocycles. The second kappa shape index (κ2) is 6.84. The van der Waals surface area contributed by atoms with E-state index in [4.69, 9.17) is 4.74 Å². The topological polar surface area (TPSA) is 80.3 Å². The lowest BCUT2D eigenvalue weighted by Gasteiger charge is -2.23. The van der Waals surface area contributed by atoms with Gasteiger partial charge in [-0.2, -0.15) is 0 Å². The lowest BCUT2D eigenvalue weighted by molar-refractivity contribution is -0.122. The molecule has 0 aliphatic carbocycles. The van der Waals surface area contributed by atoms with Crippen molar-refractivity contribution in [2.45, 2.75) is 40.2 Å². The maximum atomic E-state index is 11.9. The van der Waals surface area contributed by atoms with Crippen molar-refractivity contribution in [3.05, 3.63) is 23.1 Å². The van der Waals surface area contributed by atoms with Gasteiger partial charge in [0.15, 0.2) is 11.2 Å². The van der Waals surface area contributed by atoms with Crippen LogP contribution >= 0.6 is 11.3 Å². The Hall–Kier alpha value is -2.41. The molecule has 2 N–H and O–H groups in total. The van der Waals surface area contributed by atoms with Crippen molar-refractivity contribution < 1.29 is 14.3 Å². The molecule has 1 aliphatic heterocycles. The van der Waals surface area contributed by atoms with E-state index < -0.39 is 6.10 Å². The highest BCUT2D eigenvalue weighted by Crippen LogP contribution is 2.36. The molecule has 1 aromatic heterocycles. The number of carbonyl (C=O) groups excluding carboxylic acids is 2. The van der Waals surface area contributed by atoms with E-state index in [-0.39, 0.29) is 11.8 Å². The van der Waals surface area contributed by atoms with Gasteiger partial charge in [-0.25, -0.2) is 4.98 Å². The van der Waals surface area contributed by atoms with Crippen molar-refractivity contribution in [3.63, 3.8) is 0 Å². The Balaban J connectivity index is 1.84. The lowest BCUT2D eigenvalue weighted by Crippen LogP contribution is -2.34. The number of hydrogen-bond acceptors (Lipinski definition) is 5. The third-order valence-corrected chi connectivity index (χ3v) is 4.71. The van der Waals surface area contributed by atoms with Crippen LogP contribution in [0.5, 0.6) is 5.75 Å². The first-order chi connectivity index (χ1) is 11.8. The summed E-state index contributed by atoms with van der Waals surface area (Å²) in [4.78, 5) is 29.3. The third kappa shape index (κ3) is 3.82. The van der Waals surface area contributed by atoms with Gasteiger partial charge in [-0.3, -0.25) is 9.59 Å². The van der Waals surface area contributed by atoms with Crippen LogP contribution in [0.25, 0.3) is 11.3 Å². The average molecular weight is 359 g/mol. The maximum absolute atomic E-state index is 11.9. The quantitative estimate of drug-likeness (QED) is 0.869. The van der Waals surface area contributed by atoms with Gasteiger partial charge in [-0.15, -0.1) is 11.3 Å². The van der Waals surface area contributed by atoms with Crippen LogP contribution < -0.4 is 15.4 Å². The molecule has 7 heteroatoms. The molecule has 1 atom stereocenters. The van der Waals surface area contributed by atoms with Crippen LogP contribution in [0.4, 0.5) is 10.8 Å². The Bertz CT molecular complexity index is 829. The van der Waals surface area contributed by atoms with Gasteiger partial charge < -0.3 is 15.4 Å². The molecule has 0 radical (unpaired) electrons. The van der Waals surface area contributed by atoms with Crippen molar-refractivity contribution in [3.8, 4) is 17.0 Å². The summed E-state index contributed by atoms with van der Waals surface area (Å²) < 4.78 is 5.57. The fraction of sp³-hybridized carbons (Fsp3) is 0.389. The Labute approximate surface area is 150 Å². The highest BCUT2D eigenvalue weighted by molar-refractivity contribution is 7.16. The highest BCUT2D eigenvalue weighted by Gasteiger charge is 2.24. The number of carbonyl (C=O) groups is 2. The predicted molar refractivity (Wildman–Crippen MR) is 99.1 cm³/mol. The summed E-state index contributed by atoms with van der Waals surface area (Å²) in [5.74, 6) is 0.748. The zero-order valence-electron chi connectivity index (χ0n) is 14.7. The molecule has 0 saturated heterocycles. The number of nitrogens with zero attached hydrogens (tertiary/aromatic N) is 1. The van der Waals surface area contributed by atoms with Crippen LogP contribution in [-0.4, -0.2) is 22.9 Å². The SMILES string of the molecule is Cc1sc(NC(=O)CC(C)C)nc1-c1ccc2c(c1)NC(=O)[C@@H](C)O2. The van der Waals surface area contributed by atoms with Crippen LogP contribution in [-0.2, 0) is 9.59 Å². The Morgan fingerprint density at radius 3 is 2.92 bits per heavy atom. The zero-order valence-corrected chi connectivity index (χ0v) is 15.5. The van der Waals surface area contributed by atoms with Crippen molar-refractivity contribution in [2.75, 3.05) is 10.6 Å². The summed E-state index contributed by atoms with van der Waals surface area (Å²) >= 11 is 1.44. The first-order valence-corrected chi connectivity index (χ1v) is 9.04. The molecule has 0 unspecified atom stereocenters. The minimum atomic E-state index is -0.498. The molecule has 0 fully saturated rings. The van der Waals surface area contributed by atoms with E-state index in [1.165, 1.54) is 11.3 Å². The number of aryl methyl sites for hydroxylation is 1. The summed E-state index contributed by atoms with van der Waals surface area (Å²) in [5.41, 5.74) is 2.30. The Morgan fingerprint density at radius 2 is 2.20 bits per heavy atom. The number of rotatable bonds is 4. The number of hydrogen-bond donors (Lipinski definition) is 2. The number of thiazole rings is 1. The number of ether oxygens (including phenoxy) is 1. The molecule has 0 bridgehead atoms. The van der Waals surface area contributed by atoms with Gasteiger partial charge in [-0.05, 0) is 38.0 Å². The van der Waals surface area contributed by atoms with Crippen molar-refractivity contribution in [2.24, 2.45) is 5.92 Å². The molecular weight excluding hydrogens is 338 g/mol. The first kappa shape index (κ1) is 17.4. The second-order valence-electron chi connectivity index (χ2n) is 6.53. The fourth-order valence-electron chi connectivity index (χ4n) is 2.61.